The molecule has 1 aliphatic rings. The fraction of sp³-hybridized carbons (Fsp3) is 0.538. The van der Waals surface area contributed by atoms with Gasteiger partial charge in [-0.05, 0) is 48.8 Å². The zero-order valence-corrected chi connectivity index (χ0v) is 12.6. The summed E-state index contributed by atoms with van der Waals surface area (Å²) in [6, 6.07) is 2.60. The molecule has 1 unspecified atom stereocenters. The molecule has 0 radical (unpaired) electrons. The molecule has 1 atom stereocenters. The van der Waals surface area contributed by atoms with Gasteiger partial charge in [-0.3, -0.25) is 4.90 Å². The number of carboxylic acid groups (broad SMARTS) is 1. The molecule has 1 fully saturated rings. The number of carbonyl (C=O) groups is 1. The van der Waals surface area contributed by atoms with E-state index in [9.17, 15) is 4.79 Å². The minimum absolute atomic E-state index is 0.190. The molecule has 1 aliphatic carbocycles. The van der Waals surface area contributed by atoms with Crippen molar-refractivity contribution in [2.75, 3.05) is 18.9 Å². The summed E-state index contributed by atoms with van der Waals surface area (Å²) in [5, 5.41) is 12.3. The van der Waals surface area contributed by atoms with Crippen LogP contribution < -0.4 is 5.32 Å². The third-order valence-corrected chi connectivity index (χ3v) is 3.90. The van der Waals surface area contributed by atoms with Crippen LogP contribution in [0.4, 0.5) is 5.82 Å². The summed E-state index contributed by atoms with van der Waals surface area (Å²) < 4.78 is 0.665. The first kappa shape index (κ1) is 14.3. The van der Waals surface area contributed by atoms with E-state index in [2.05, 4.69) is 45.1 Å². The van der Waals surface area contributed by atoms with E-state index >= 15 is 0 Å². The van der Waals surface area contributed by atoms with Gasteiger partial charge in [0.05, 0.1) is 0 Å². The van der Waals surface area contributed by atoms with Crippen LogP contribution >= 0.6 is 15.9 Å². The molecular weight excluding hydrogens is 310 g/mol. The lowest BCUT2D eigenvalue weighted by Gasteiger charge is -2.25. The maximum absolute atomic E-state index is 11.2. The Bertz CT molecular complexity index is 477. The summed E-state index contributed by atoms with van der Waals surface area (Å²) in [7, 11) is 2.11. The number of hydrogen-bond donors (Lipinski definition) is 2. The minimum Gasteiger partial charge on any atom is -0.478 e. The summed E-state index contributed by atoms with van der Waals surface area (Å²) in [6.07, 6.45) is 4.12. The van der Waals surface area contributed by atoms with E-state index in [-0.39, 0.29) is 5.56 Å². The van der Waals surface area contributed by atoms with Crippen LogP contribution in [-0.4, -0.2) is 46.6 Å². The Morgan fingerprint density at radius 1 is 1.68 bits per heavy atom. The van der Waals surface area contributed by atoms with Crippen LogP contribution in [0.25, 0.3) is 0 Å². The monoisotopic (exact) mass is 327 g/mol. The number of pyridine rings is 1. The van der Waals surface area contributed by atoms with Crippen LogP contribution in [0.5, 0.6) is 0 Å². The molecule has 1 saturated carbocycles. The molecular formula is C13H18BrN3O2. The van der Waals surface area contributed by atoms with Gasteiger partial charge in [0, 0.05) is 29.3 Å². The molecule has 5 nitrogen and oxygen atoms in total. The molecule has 2 N–H and O–H groups in total. The SMILES string of the molecule is CC(CNc1ncc(Br)cc1C(=O)O)N(C)C1CC1. The predicted molar refractivity (Wildman–Crippen MR) is 77.6 cm³/mol. The van der Waals surface area contributed by atoms with E-state index < -0.39 is 5.97 Å². The highest BCUT2D eigenvalue weighted by Gasteiger charge is 2.29. The Morgan fingerprint density at radius 3 is 2.95 bits per heavy atom. The Hall–Kier alpha value is -1.14. The van der Waals surface area contributed by atoms with Crippen molar-refractivity contribution < 1.29 is 9.90 Å². The Balaban J connectivity index is 2.00. The molecule has 0 spiro atoms. The van der Waals surface area contributed by atoms with Crippen LogP contribution in [-0.2, 0) is 0 Å². The number of aromatic carboxylic acids is 1. The van der Waals surface area contributed by atoms with Crippen molar-refractivity contribution in [3.63, 3.8) is 0 Å². The van der Waals surface area contributed by atoms with E-state index in [1.807, 2.05) is 0 Å². The van der Waals surface area contributed by atoms with E-state index in [0.717, 1.165) is 0 Å². The standard InChI is InChI=1S/C13H18BrN3O2/c1-8(17(2)10-3-4-10)6-15-12-11(13(18)19)5-9(14)7-16-12/h5,7-8,10H,3-4,6H2,1-2H3,(H,15,16)(H,18,19). The number of nitrogens with zero attached hydrogens (tertiary/aromatic N) is 2. The van der Waals surface area contributed by atoms with Crippen molar-refractivity contribution in [3.05, 3.63) is 22.3 Å². The maximum atomic E-state index is 11.2. The van der Waals surface area contributed by atoms with Gasteiger partial charge in [-0.2, -0.15) is 0 Å². The Labute approximate surface area is 121 Å². The number of halogens is 1. The lowest BCUT2D eigenvalue weighted by atomic mass is 10.2. The highest BCUT2D eigenvalue weighted by Crippen LogP contribution is 2.27. The van der Waals surface area contributed by atoms with Gasteiger partial charge in [0.1, 0.15) is 11.4 Å². The van der Waals surface area contributed by atoms with Gasteiger partial charge in [0.2, 0.25) is 0 Å². The fourth-order valence-electron chi connectivity index (χ4n) is 1.97. The summed E-state index contributed by atoms with van der Waals surface area (Å²) in [6.45, 7) is 2.81. The van der Waals surface area contributed by atoms with Gasteiger partial charge < -0.3 is 10.4 Å². The highest BCUT2D eigenvalue weighted by molar-refractivity contribution is 9.10. The molecule has 0 aliphatic heterocycles. The molecule has 2 rings (SSSR count). The first-order chi connectivity index (χ1) is 8.99. The molecule has 104 valence electrons. The molecule has 1 aromatic heterocycles. The molecule has 0 saturated heterocycles. The number of hydrogen-bond acceptors (Lipinski definition) is 4. The second-order valence-electron chi connectivity index (χ2n) is 4.98. The van der Waals surface area contributed by atoms with Crippen molar-refractivity contribution >= 4 is 27.7 Å². The van der Waals surface area contributed by atoms with Crippen LogP contribution in [0.15, 0.2) is 16.7 Å². The molecule has 0 bridgehead atoms. The topological polar surface area (TPSA) is 65.5 Å². The van der Waals surface area contributed by atoms with E-state index in [1.54, 1.807) is 12.3 Å². The summed E-state index contributed by atoms with van der Waals surface area (Å²) in [5.41, 5.74) is 0.190. The first-order valence-corrected chi connectivity index (χ1v) is 7.13. The number of nitrogens with one attached hydrogen (secondary N) is 1. The zero-order chi connectivity index (χ0) is 14.0. The number of likely N-dealkylation sites (N-methyl/N-ethyl adjacent to an activating group) is 1. The number of aromatic nitrogens is 1. The third kappa shape index (κ3) is 3.67. The van der Waals surface area contributed by atoms with E-state index in [1.165, 1.54) is 12.8 Å². The van der Waals surface area contributed by atoms with E-state index in [0.29, 0.717) is 28.9 Å². The Kier molecular flexibility index (Phi) is 4.42. The smallest absolute Gasteiger partial charge is 0.339 e. The van der Waals surface area contributed by atoms with Gasteiger partial charge in [0.25, 0.3) is 0 Å². The summed E-state index contributed by atoms with van der Waals surface area (Å²) >= 11 is 3.23. The maximum Gasteiger partial charge on any atom is 0.339 e. The third-order valence-electron chi connectivity index (χ3n) is 3.47. The first-order valence-electron chi connectivity index (χ1n) is 6.33. The molecule has 0 amide bonds. The molecule has 1 heterocycles. The summed E-state index contributed by atoms with van der Waals surface area (Å²) in [5.74, 6) is -0.550. The van der Waals surface area contributed by atoms with Crippen molar-refractivity contribution in [1.29, 1.82) is 0 Å². The largest absolute Gasteiger partial charge is 0.478 e. The number of rotatable bonds is 6. The molecule has 0 aromatic carbocycles. The van der Waals surface area contributed by atoms with Gasteiger partial charge in [-0.25, -0.2) is 9.78 Å². The van der Waals surface area contributed by atoms with Gasteiger partial charge in [-0.1, -0.05) is 0 Å². The van der Waals surface area contributed by atoms with Crippen LogP contribution in [0, 0.1) is 0 Å². The average Bonchev–Trinajstić information content (AvgIpc) is 3.20. The quantitative estimate of drug-likeness (QED) is 0.840. The lowest BCUT2D eigenvalue weighted by Crippen LogP contribution is -2.36. The highest BCUT2D eigenvalue weighted by atomic mass is 79.9. The van der Waals surface area contributed by atoms with Gasteiger partial charge in [0.15, 0.2) is 0 Å². The molecule has 19 heavy (non-hydrogen) atoms. The van der Waals surface area contributed by atoms with Crippen LogP contribution in [0.1, 0.15) is 30.1 Å². The number of carboxylic acids is 1. The number of anilines is 1. The Morgan fingerprint density at radius 2 is 2.37 bits per heavy atom. The van der Waals surface area contributed by atoms with E-state index in [4.69, 9.17) is 5.11 Å². The van der Waals surface area contributed by atoms with Crippen molar-refractivity contribution in [3.8, 4) is 0 Å². The van der Waals surface area contributed by atoms with Gasteiger partial charge >= 0.3 is 5.97 Å². The van der Waals surface area contributed by atoms with Crippen LogP contribution in [0.2, 0.25) is 0 Å². The predicted octanol–water partition coefficient (Wildman–Crippen LogP) is 2.44. The van der Waals surface area contributed by atoms with Crippen LogP contribution in [0.3, 0.4) is 0 Å². The van der Waals surface area contributed by atoms with Crippen molar-refractivity contribution in [1.82, 2.24) is 9.88 Å². The normalized spacial score (nSPS) is 16.4. The summed E-state index contributed by atoms with van der Waals surface area (Å²) in [4.78, 5) is 17.6. The molecule has 6 heteroatoms. The lowest BCUT2D eigenvalue weighted by molar-refractivity contribution is 0.0697. The second kappa shape index (κ2) is 5.88. The fourth-order valence-corrected chi connectivity index (χ4v) is 2.30. The second-order valence-corrected chi connectivity index (χ2v) is 5.90. The average molecular weight is 328 g/mol. The molecule has 1 aromatic rings. The van der Waals surface area contributed by atoms with Crippen molar-refractivity contribution in [2.45, 2.75) is 31.8 Å². The van der Waals surface area contributed by atoms with Crippen molar-refractivity contribution in [2.24, 2.45) is 0 Å². The van der Waals surface area contributed by atoms with Gasteiger partial charge in [-0.15, -0.1) is 0 Å². The zero-order valence-electron chi connectivity index (χ0n) is 11.1. The minimum atomic E-state index is -0.973.